The van der Waals surface area contributed by atoms with Crippen LogP contribution in [-0.4, -0.2) is 82.2 Å². The Balaban J connectivity index is 0.00000461. The van der Waals surface area contributed by atoms with Crippen molar-refractivity contribution in [2.24, 2.45) is 5.92 Å². The van der Waals surface area contributed by atoms with Crippen LogP contribution in [-0.2, 0) is 16.1 Å². The number of ether oxygens (including phenoxy) is 2. The standard InChI is InChI=1S/C34H45N3O7.ClH/c1-3-4-18-37-31(39)29(30(38)24-8-6-5-7-9-24)35-33(42)34(37)16-19-36(20-17-34)22-23-10-12-25(13-11-23)44-28-15-14-26(43-2)21-27(28)32(40)41;/h10-15,21,24,29-30,38H,3-9,16-20,22H2,1-2H3,(H,35,42)(H,40,41);1H/t29-,30-;/m1./s1. The van der Waals surface area contributed by atoms with Crippen LogP contribution in [0.3, 0.4) is 0 Å². The number of rotatable bonds is 11. The minimum Gasteiger partial charge on any atom is -0.497 e. The second-order valence-electron chi connectivity index (χ2n) is 12.4. The number of benzene rings is 2. The molecule has 45 heavy (non-hydrogen) atoms. The van der Waals surface area contributed by atoms with Crippen LogP contribution in [0.25, 0.3) is 0 Å². The van der Waals surface area contributed by atoms with Crippen molar-refractivity contribution < 1.29 is 34.1 Å². The fourth-order valence-electron chi connectivity index (χ4n) is 6.98. The Morgan fingerprint density at radius 1 is 1.04 bits per heavy atom. The molecule has 1 saturated carbocycles. The lowest BCUT2D eigenvalue weighted by Crippen LogP contribution is -2.75. The molecule has 2 aliphatic heterocycles. The predicted octanol–water partition coefficient (Wildman–Crippen LogP) is 5.01. The predicted molar refractivity (Wildman–Crippen MR) is 172 cm³/mol. The summed E-state index contributed by atoms with van der Waals surface area (Å²) >= 11 is 0. The van der Waals surface area contributed by atoms with Gasteiger partial charge in [0.25, 0.3) is 0 Å². The van der Waals surface area contributed by atoms with Crippen molar-refractivity contribution in [3.63, 3.8) is 0 Å². The van der Waals surface area contributed by atoms with Gasteiger partial charge in [0.05, 0.1) is 13.2 Å². The summed E-state index contributed by atoms with van der Waals surface area (Å²) in [5.74, 6) is -0.128. The number of unbranched alkanes of at least 4 members (excludes halogenated alkanes) is 1. The van der Waals surface area contributed by atoms with Gasteiger partial charge in [0, 0.05) is 26.2 Å². The van der Waals surface area contributed by atoms with Crippen molar-refractivity contribution in [2.75, 3.05) is 26.7 Å². The van der Waals surface area contributed by atoms with Crippen molar-refractivity contribution in [3.05, 3.63) is 53.6 Å². The van der Waals surface area contributed by atoms with Gasteiger partial charge < -0.3 is 29.9 Å². The van der Waals surface area contributed by atoms with E-state index in [2.05, 4.69) is 17.1 Å². The highest BCUT2D eigenvalue weighted by Crippen LogP contribution is 2.37. The number of nitrogens with one attached hydrogen (secondary N) is 1. The topological polar surface area (TPSA) is 129 Å². The number of carbonyl (C=O) groups is 3. The lowest BCUT2D eigenvalue weighted by Gasteiger charge is -2.52. The highest BCUT2D eigenvalue weighted by atomic mass is 35.5. The zero-order valence-corrected chi connectivity index (χ0v) is 27.0. The molecule has 2 amide bonds. The first-order valence-electron chi connectivity index (χ1n) is 16.0. The molecule has 0 bridgehead atoms. The molecule has 2 saturated heterocycles. The molecule has 0 radical (unpaired) electrons. The van der Waals surface area contributed by atoms with Crippen LogP contribution in [0.15, 0.2) is 42.5 Å². The number of carboxylic acid groups (broad SMARTS) is 1. The molecule has 1 spiro atoms. The van der Waals surface area contributed by atoms with Crippen LogP contribution in [0.2, 0.25) is 0 Å². The van der Waals surface area contributed by atoms with E-state index in [1.807, 2.05) is 24.3 Å². The Bertz CT molecular complexity index is 1320. The van der Waals surface area contributed by atoms with E-state index >= 15 is 0 Å². The molecule has 3 aliphatic rings. The molecule has 0 aromatic heterocycles. The summed E-state index contributed by atoms with van der Waals surface area (Å²) in [5, 5.41) is 23.7. The van der Waals surface area contributed by atoms with E-state index in [-0.39, 0.29) is 41.5 Å². The summed E-state index contributed by atoms with van der Waals surface area (Å²) in [7, 11) is 1.48. The van der Waals surface area contributed by atoms with E-state index in [0.717, 1.165) is 50.5 Å². The number of piperidine rings is 1. The molecule has 5 rings (SSSR count). The van der Waals surface area contributed by atoms with Crippen LogP contribution < -0.4 is 14.8 Å². The summed E-state index contributed by atoms with van der Waals surface area (Å²) < 4.78 is 11.0. The van der Waals surface area contributed by atoms with E-state index in [1.165, 1.54) is 13.2 Å². The van der Waals surface area contributed by atoms with Gasteiger partial charge in [-0.3, -0.25) is 14.5 Å². The second kappa shape index (κ2) is 15.3. The minimum absolute atomic E-state index is 0. The largest absolute Gasteiger partial charge is 0.497 e. The van der Waals surface area contributed by atoms with Crippen LogP contribution in [0.5, 0.6) is 17.2 Å². The van der Waals surface area contributed by atoms with E-state index in [9.17, 15) is 24.6 Å². The third kappa shape index (κ3) is 7.56. The van der Waals surface area contributed by atoms with E-state index in [4.69, 9.17) is 9.47 Å². The monoisotopic (exact) mass is 643 g/mol. The number of methoxy groups -OCH3 is 1. The highest BCUT2D eigenvalue weighted by Gasteiger charge is 2.55. The smallest absolute Gasteiger partial charge is 0.339 e. The van der Waals surface area contributed by atoms with Crippen LogP contribution in [0.4, 0.5) is 0 Å². The number of nitrogens with zero attached hydrogens (tertiary/aromatic N) is 2. The number of halogens is 1. The van der Waals surface area contributed by atoms with Crippen LogP contribution in [0, 0.1) is 5.92 Å². The van der Waals surface area contributed by atoms with Crippen molar-refractivity contribution in [3.8, 4) is 17.2 Å². The quantitative estimate of drug-likeness (QED) is 0.312. The van der Waals surface area contributed by atoms with E-state index in [1.54, 1.807) is 17.0 Å². The number of carboxylic acids is 1. The molecule has 1 aliphatic carbocycles. The molecule has 2 atom stereocenters. The van der Waals surface area contributed by atoms with Gasteiger partial charge in [-0.05, 0) is 73.9 Å². The molecule has 2 aromatic carbocycles. The molecule has 2 aromatic rings. The third-order valence-corrected chi connectivity index (χ3v) is 9.63. The van der Waals surface area contributed by atoms with Gasteiger partial charge in [-0.2, -0.15) is 0 Å². The Labute approximate surface area is 271 Å². The van der Waals surface area contributed by atoms with Crippen molar-refractivity contribution in [1.82, 2.24) is 15.1 Å². The maximum absolute atomic E-state index is 13.8. The van der Waals surface area contributed by atoms with Gasteiger partial charge in [0.1, 0.15) is 34.4 Å². The van der Waals surface area contributed by atoms with Crippen molar-refractivity contribution in [1.29, 1.82) is 0 Å². The first kappa shape index (κ1) is 34.5. The van der Waals surface area contributed by atoms with Gasteiger partial charge >= 0.3 is 5.97 Å². The molecule has 246 valence electrons. The Hall–Kier alpha value is -3.34. The first-order valence-corrected chi connectivity index (χ1v) is 16.0. The zero-order chi connectivity index (χ0) is 31.3. The third-order valence-electron chi connectivity index (χ3n) is 9.63. The normalized spacial score (nSPS) is 21.1. The van der Waals surface area contributed by atoms with E-state index in [0.29, 0.717) is 50.5 Å². The summed E-state index contributed by atoms with van der Waals surface area (Å²) in [6.07, 6.45) is 7.02. The zero-order valence-electron chi connectivity index (χ0n) is 26.2. The maximum Gasteiger partial charge on any atom is 0.339 e. The molecule has 11 heteroatoms. The average molecular weight is 644 g/mol. The number of hydrogen-bond acceptors (Lipinski definition) is 7. The molecule has 10 nitrogen and oxygen atoms in total. The van der Waals surface area contributed by atoms with Crippen molar-refractivity contribution in [2.45, 2.75) is 88.9 Å². The first-order chi connectivity index (χ1) is 21.3. The van der Waals surface area contributed by atoms with Crippen LogP contribution >= 0.6 is 12.4 Å². The van der Waals surface area contributed by atoms with E-state index < -0.39 is 23.7 Å². The summed E-state index contributed by atoms with van der Waals surface area (Å²) in [6.45, 7) is 4.59. The molecule has 3 N–H and O–H groups in total. The average Bonchev–Trinajstić information content (AvgIpc) is 3.05. The Kier molecular flexibility index (Phi) is 11.7. The maximum atomic E-state index is 13.8. The number of likely N-dealkylation sites (tertiary alicyclic amines) is 1. The molecule has 2 heterocycles. The number of hydrogen-bond donors (Lipinski definition) is 3. The lowest BCUT2D eigenvalue weighted by molar-refractivity contribution is -0.166. The number of carbonyl (C=O) groups excluding carboxylic acids is 2. The summed E-state index contributed by atoms with van der Waals surface area (Å²) in [4.78, 5) is 43.4. The minimum atomic E-state index is -1.10. The fourth-order valence-corrected chi connectivity index (χ4v) is 6.98. The molecular weight excluding hydrogens is 598 g/mol. The Morgan fingerprint density at radius 2 is 1.71 bits per heavy atom. The van der Waals surface area contributed by atoms with Gasteiger partial charge in [-0.25, -0.2) is 4.79 Å². The molecule has 3 fully saturated rings. The van der Waals surface area contributed by atoms with Gasteiger partial charge in [0.15, 0.2) is 0 Å². The number of aliphatic hydroxyl groups excluding tert-OH is 1. The SMILES string of the molecule is CCCCN1C(=O)[C@@H]([C@H](O)C2CCCCC2)NC(=O)C12CCN(Cc1ccc(Oc3ccc(OC)cc3C(=O)O)cc1)CC2.Cl. The lowest BCUT2D eigenvalue weighted by atomic mass is 9.78. The number of piperazine rings is 1. The van der Waals surface area contributed by atoms with Crippen LogP contribution in [0.1, 0.15) is 80.6 Å². The Morgan fingerprint density at radius 3 is 2.33 bits per heavy atom. The second-order valence-corrected chi connectivity index (χ2v) is 12.4. The summed E-state index contributed by atoms with van der Waals surface area (Å²) in [5.41, 5.74) is 0.191. The molecule has 0 unspecified atom stereocenters. The van der Waals surface area contributed by atoms with Gasteiger partial charge in [0.2, 0.25) is 11.8 Å². The fraction of sp³-hybridized carbons (Fsp3) is 0.559. The number of amides is 2. The van der Waals surface area contributed by atoms with Gasteiger partial charge in [-0.1, -0.05) is 44.7 Å². The summed E-state index contributed by atoms with van der Waals surface area (Å²) in [6, 6.07) is 11.3. The highest BCUT2D eigenvalue weighted by molar-refractivity contribution is 6.00. The van der Waals surface area contributed by atoms with Crippen molar-refractivity contribution >= 4 is 30.2 Å². The van der Waals surface area contributed by atoms with Gasteiger partial charge in [-0.15, -0.1) is 12.4 Å². The number of aromatic carboxylic acids is 1. The molecular formula is C34H46ClN3O7. The number of aliphatic hydroxyl groups is 1.